The van der Waals surface area contributed by atoms with Gasteiger partial charge in [0.2, 0.25) is 0 Å². The Kier molecular flexibility index (Phi) is 3.58. The number of carboxylic acids is 1. The zero-order chi connectivity index (χ0) is 12.3. The molecular formula is C12H16N2O3. The molecule has 1 atom stereocenters. The quantitative estimate of drug-likeness (QED) is 0.859. The number of carboxylic acid groups (broad SMARTS) is 1. The van der Waals surface area contributed by atoms with Gasteiger partial charge in [0.1, 0.15) is 11.4 Å². The number of nitrogens with zero attached hydrogens (tertiary/aromatic N) is 2. The van der Waals surface area contributed by atoms with Crippen molar-refractivity contribution in [3.05, 3.63) is 23.9 Å². The number of methoxy groups -OCH3 is 1. The number of hydrogen-bond donors (Lipinski definition) is 1. The number of carbonyl (C=O) groups is 1. The highest BCUT2D eigenvalue weighted by Crippen LogP contribution is 2.22. The summed E-state index contributed by atoms with van der Waals surface area (Å²) in [5.74, 6) is -0.394. The number of aromatic carboxylic acids is 1. The van der Waals surface area contributed by atoms with Crippen molar-refractivity contribution in [3.63, 3.8) is 0 Å². The maximum atomic E-state index is 11.1. The van der Waals surface area contributed by atoms with Crippen molar-refractivity contribution in [2.24, 2.45) is 0 Å². The van der Waals surface area contributed by atoms with Gasteiger partial charge >= 0.3 is 5.97 Å². The summed E-state index contributed by atoms with van der Waals surface area (Å²) in [5.41, 5.74) is 0.254. The predicted octanol–water partition coefficient (Wildman–Crippen LogP) is 1.40. The monoisotopic (exact) mass is 236 g/mol. The van der Waals surface area contributed by atoms with Crippen molar-refractivity contribution in [1.29, 1.82) is 0 Å². The molecule has 0 bridgehead atoms. The van der Waals surface area contributed by atoms with E-state index in [0.717, 1.165) is 19.4 Å². The molecule has 0 saturated carbocycles. The van der Waals surface area contributed by atoms with Gasteiger partial charge < -0.3 is 14.7 Å². The number of aromatic nitrogens is 1. The molecule has 0 unspecified atom stereocenters. The first kappa shape index (κ1) is 11.9. The third-order valence-corrected chi connectivity index (χ3v) is 3.03. The molecule has 1 aliphatic heterocycles. The van der Waals surface area contributed by atoms with Crippen molar-refractivity contribution in [2.75, 3.05) is 25.1 Å². The lowest BCUT2D eigenvalue weighted by Crippen LogP contribution is -2.40. The SMILES string of the molecule is CO[C@H]1CCCN(c2ncccc2C(=O)O)C1. The van der Waals surface area contributed by atoms with E-state index < -0.39 is 5.97 Å². The average molecular weight is 236 g/mol. The van der Waals surface area contributed by atoms with Crippen LogP contribution in [-0.2, 0) is 4.74 Å². The molecule has 0 aromatic carbocycles. The number of pyridine rings is 1. The van der Waals surface area contributed by atoms with Crippen molar-refractivity contribution < 1.29 is 14.6 Å². The molecule has 1 aromatic heterocycles. The standard InChI is InChI=1S/C12H16N2O3/c1-17-9-4-3-7-14(8-9)11-10(12(15)16)5-2-6-13-11/h2,5-6,9H,3-4,7-8H2,1H3,(H,15,16)/t9-/m0/s1. The van der Waals surface area contributed by atoms with Gasteiger partial charge in [0.15, 0.2) is 0 Å². The Bertz CT molecular complexity index is 408. The maximum absolute atomic E-state index is 11.1. The summed E-state index contributed by atoms with van der Waals surface area (Å²) in [4.78, 5) is 17.3. The number of ether oxygens (including phenoxy) is 1. The second-order valence-electron chi connectivity index (χ2n) is 4.13. The van der Waals surface area contributed by atoms with E-state index in [1.807, 2.05) is 4.90 Å². The smallest absolute Gasteiger partial charge is 0.339 e. The predicted molar refractivity (Wildman–Crippen MR) is 63.4 cm³/mol. The van der Waals surface area contributed by atoms with Crippen LogP contribution in [0.25, 0.3) is 0 Å². The Morgan fingerprint density at radius 1 is 1.65 bits per heavy atom. The Labute approximate surface area is 100 Å². The summed E-state index contributed by atoms with van der Waals surface area (Å²) in [5, 5.41) is 9.12. The van der Waals surface area contributed by atoms with Crippen molar-refractivity contribution in [3.8, 4) is 0 Å². The molecule has 1 fully saturated rings. The fourth-order valence-electron chi connectivity index (χ4n) is 2.14. The highest BCUT2D eigenvalue weighted by molar-refractivity contribution is 5.93. The Morgan fingerprint density at radius 3 is 3.18 bits per heavy atom. The van der Waals surface area contributed by atoms with Gasteiger partial charge in [0, 0.05) is 26.4 Å². The second kappa shape index (κ2) is 5.14. The normalized spacial score (nSPS) is 20.3. The summed E-state index contributed by atoms with van der Waals surface area (Å²) in [7, 11) is 1.69. The molecular weight excluding hydrogens is 220 g/mol. The fourth-order valence-corrected chi connectivity index (χ4v) is 2.14. The first-order valence-electron chi connectivity index (χ1n) is 5.68. The fraction of sp³-hybridized carbons (Fsp3) is 0.500. The van der Waals surface area contributed by atoms with Crippen LogP contribution < -0.4 is 4.90 Å². The van der Waals surface area contributed by atoms with Crippen LogP contribution in [0.4, 0.5) is 5.82 Å². The van der Waals surface area contributed by atoms with E-state index in [4.69, 9.17) is 9.84 Å². The van der Waals surface area contributed by atoms with E-state index in [-0.39, 0.29) is 11.7 Å². The van der Waals surface area contributed by atoms with Crippen molar-refractivity contribution in [2.45, 2.75) is 18.9 Å². The molecule has 1 aliphatic rings. The summed E-state index contributed by atoms with van der Waals surface area (Å²) < 4.78 is 5.33. The highest BCUT2D eigenvalue weighted by Gasteiger charge is 2.23. The highest BCUT2D eigenvalue weighted by atomic mass is 16.5. The van der Waals surface area contributed by atoms with Crippen LogP contribution in [0.5, 0.6) is 0 Å². The van der Waals surface area contributed by atoms with Gasteiger partial charge in [0.25, 0.3) is 0 Å². The van der Waals surface area contributed by atoms with Gasteiger partial charge in [-0.25, -0.2) is 9.78 Å². The van der Waals surface area contributed by atoms with Gasteiger partial charge in [0.05, 0.1) is 6.10 Å². The molecule has 1 saturated heterocycles. The minimum absolute atomic E-state index is 0.160. The Balaban J connectivity index is 2.24. The van der Waals surface area contributed by atoms with E-state index in [0.29, 0.717) is 12.4 Å². The van der Waals surface area contributed by atoms with Crippen molar-refractivity contribution >= 4 is 11.8 Å². The second-order valence-corrected chi connectivity index (χ2v) is 4.13. The summed E-state index contributed by atoms with van der Waals surface area (Å²) >= 11 is 0. The molecule has 17 heavy (non-hydrogen) atoms. The van der Waals surface area contributed by atoms with E-state index in [1.54, 1.807) is 25.4 Å². The summed E-state index contributed by atoms with van der Waals surface area (Å²) in [6.45, 7) is 1.53. The largest absolute Gasteiger partial charge is 0.478 e. The Morgan fingerprint density at radius 2 is 2.47 bits per heavy atom. The minimum Gasteiger partial charge on any atom is -0.478 e. The molecule has 2 rings (SSSR count). The lowest BCUT2D eigenvalue weighted by molar-refractivity contribution is 0.0694. The molecule has 1 aromatic rings. The van der Waals surface area contributed by atoms with Gasteiger partial charge in [-0.2, -0.15) is 0 Å². The molecule has 0 amide bonds. The molecule has 0 spiro atoms. The van der Waals surface area contributed by atoms with E-state index in [9.17, 15) is 4.79 Å². The molecule has 1 N–H and O–H groups in total. The molecule has 0 radical (unpaired) electrons. The lowest BCUT2D eigenvalue weighted by Gasteiger charge is -2.33. The minimum atomic E-state index is -0.937. The molecule has 2 heterocycles. The van der Waals surface area contributed by atoms with Gasteiger partial charge in [-0.05, 0) is 25.0 Å². The third-order valence-electron chi connectivity index (χ3n) is 3.03. The number of piperidine rings is 1. The van der Waals surface area contributed by atoms with Crippen LogP contribution in [-0.4, -0.2) is 42.4 Å². The zero-order valence-corrected chi connectivity index (χ0v) is 9.80. The third kappa shape index (κ3) is 2.55. The van der Waals surface area contributed by atoms with Crippen LogP contribution >= 0.6 is 0 Å². The van der Waals surface area contributed by atoms with Crippen LogP contribution in [0, 0.1) is 0 Å². The summed E-state index contributed by atoms with van der Waals surface area (Å²) in [6, 6.07) is 3.23. The number of anilines is 1. The first-order valence-corrected chi connectivity index (χ1v) is 5.68. The molecule has 5 heteroatoms. The van der Waals surface area contributed by atoms with Gasteiger partial charge in [-0.3, -0.25) is 0 Å². The van der Waals surface area contributed by atoms with E-state index >= 15 is 0 Å². The van der Waals surface area contributed by atoms with Crippen LogP contribution in [0.3, 0.4) is 0 Å². The van der Waals surface area contributed by atoms with Crippen LogP contribution in [0.2, 0.25) is 0 Å². The number of hydrogen-bond acceptors (Lipinski definition) is 4. The molecule has 5 nitrogen and oxygen atoms in total. The maximum Gasteiger partial charge on any atom is 0.339 e. The lowest BCUT2D eigenvalue weighted by atomic mass is 10.1. The van der Waals surface area contributed by atoms with Crippen LogP contribution in [0.15, 0.2) is 18.3 Å². The molecule has 0 aliphatic carbocycles. The van der Waals surface area contributed by atoms with E-state index in [2.05, 4.69) is 4.98 Å². The zero-order valence-electron chi connectivity index (χ0n) is 9.80. The molecule has 92 valence electrons. The van der Waals surface area contributed by atoms with Crippen LogP contribution in [0.1, 0.15) is 23.2 Å². The topological polar surface area (TPSA) is 62.7 Å². The first-order chi connectivity index (χ1) is 8.22. The van der Waals surface area contributed by atoms with Gasteiger partial charge in [-0.1, -0.05) is 0 Å². The number of rotatable bonds is 3. The summed E-state index contributed by atoms with van der Waals surface area (Å²) in [6.07, 6.45) is 3.79. The Hall–Kier alpha value is -1.62. The average Bonchev–Trinajstić information content (AvgIpc) is 2.39. The van der Waals surface area contributed by atoms with Crippen molar-refractivity contribution in [1.82, 2.24) is 4.98 Å². The van der Waals surface area contributed by atoms with E-state index in [1.165, 1.54) is 0 Å². The van der Waals surface area contributed by atoms with Gasteiger partial charge in [-0.15, -0.1) is 0 Å².